The fraction of sp³-hybridized carbons (Fsp3) is 0.172. The number of allylic oxidation sites excluding steroid dienone is 2. The fourth-order valence-corrected chi connectivity index (χ4v) is 4.37. The first-order valence-corrected chi connectivity index (χ1v) is 11.4. The molecule has 1 heterocycles. The Morgan fingerprint density at radius 1 is 0.971 bits per heavy atom. The van der Waals surface area contributed by atoms with Crippen LogP contribution in [0.3, 0.4) is 0 Å². The molecular weight excluding hydrogens is 426 g/mol. The maximum absolute atomic E-state index is 11.0. The van der Waals surface area contributed by atoms with Crippen molar-refractivity contribution in [1.82, 2.24) is 4.98 Å². The summed E-state index contributed by atoms with van der Waals surface area (Å²) in [6.45, 7) is 1.31. The van der Waals surface area contributed by atoms with Gasteiger partial charge in [0.15, 0.2) is 11.5 Å². The maximum Gasteiger partial charge on any atom is 0.352 e. The molecule has 3 aromatic carbocycles. The van der Waals surface area contributed by atoms with E-state index in [1.807, 2.05) is 60.7 Å². The summed E-state index contributed by atoms with van der Waals surface area (Å²) >= 11 is 0. The van der Waals surface area contributed by atoms with E-state index in [4.69, 9.17) is 14.3 Å². The highest BCUT2D eigenvalue weighted by Crippen LogP contribution is 2.40. The molecule has 0 amide bonds. The number of hydrogen-bond acceptors (Lipinski definition) is 5. The molecular formula is C29H25NO4. The van der Waals surface area contributed by atoms with Crippen molar-refractivity contribution in [2.24, 2.45) is 5.92 Å². The van der Waals surface area contributed by atoms with Gasteiger partial charge in [-0.3, -0.25) is 9.78 Å². The van der Waals surface area contributed by atoms with Crippen molar-refractivity contribution in [1.29, 1.82) is 0 Å². The van der Waals surface area contributed by atoms with Crippen LogP contribution in [0.15, 0.2) is 95.4 Å². The Hall–Kier alpha value is -4.12. The Morgan fingerprint density at radius 2 is 1.71 bits per heavy atom. The highest BCUT2D eigenvalue weighted by molar-refractivity contribution is 5.79. The summed E-state index contributed by atoms with van der Waals surface area (Å²) < 4.78 is 6.43. The lowest BCUT2D eigenvalue weighted by atomic mass is 9.93. The molecule has 34 heavy (non-hydrogen) atoms. The van der Waals surface area contributed by atoms with Gasteiger partial charge in [-0.05, 0) is 42.9 Å². The predicted molar refractivity (Wildman–Crippen MR) is 131 cm³/mol. The topological polar surface area (TPSA) is 61.6 Å². The van der Waals surface area contributed by atoms with Crippen molar-refractivity contribution < 1.29 is 19.0 Å². The molecule has 0 spiro atoms. The van der Waals surface area contributed by atoms with E-state index in [-0.39, 0.29) is 5.92 Å². The highest BCUT2D eigenvalue weighted by Gasteiger charge is 2.27. The molecule has 0 fully saturated rings. The lowest BCUT2D eigenvalue weighted by Crippen LogP contribution is -2.05. The normalized spacial score (nSPS) is 15.1. The second kappa shape index (κ2) is 9.79. The minimum absolute atomic E-state index is 0.273. The van der Waals surface area contributed by atoms with Crippen molar-refractivity contribution >= 4 is 11.5 Å². The Morgan fingerprint density at radius 3 is 2.44 bits per heavy atom. The van der Waals surface area contributed by atoms with Crippen molar-refractivity contribution in [2.45, 2.75) is 26.2 Å². The average molecular weight is 452 g/mol. The summed E-state index contributed by atoms with van der Waals surface area (Å²) in [7, 11) is 0. The van der Waals surface area contributed by atoms with E-state index in [1.165, 1.54) is 6.92 Å². The third-order valence-corrected chi connectivity index (χ3v) is 5.91. The fourth-order valence-electron chi connectivity index (χ4n) is 4.37. The molecule has 0 bridgehead atoms. The van der Waals surface area contributed by atoms with Crippen LogP contribution in [-0.2, 0) is 16.1 Å². The molecule has 1 atom stereocenters. The van der Waals surface area contributed by atoms with Crippen LogP contribution in [0.2, 0.25) is 0 Å². The van der Waals surface area contributed by atoms with E-state index in [2.05, 4.69) is 29.2 Å². The van der Waals surface area contributed by atoms with Gasteiger partial charge in [0.2, 0.25) is 5.89 Å². The molecule has 4 aromatic rings. The zero-order valence-corrected chi connectivity index (χ0v) is 18.9. The average Bonchev–Trinajstić information content (AvgIpc) is 3.51. The van der Waals surface area contributed by atoms with E-state index < -0.39 is 5.97 Å². The van der Waals surface area contributed by atoms with Gasteiger partial charge in [0.1, 0.15) is 5.69 Å². The van der Waals surface area contributed by atoms with Gasteiger partial charge in [-0.1, -0.05) is 78.9 Å². The molecule has 0 radical (unpaired) electrons. The van der Waals surface area contributed by atoms with Crippen molar-refractivity contribution in [3.05, 3.63) is 102 Å². The van der Waals surface area contributed by atoms with Crippen molar-refractivity contribution in [3.63, 3.8) is 0 Å². The second-order valence-electron chi connectivity index (χ2n) is 8.37. The Balaban J connectivity index is 1.44. The summed E-state index contributed by atoms with van der Waals surface area (Å²) in [6, 6.07) is 27.9. The van der Waals surface area contributed by atoms with Crippen molar-refractivity contribution in [3.8, 4) is 28.3 Å². The third-order valence-electron chi connectivity index (χ3n) is 5.91. The summed E-state index contributed by atoms with van der Waals surface area (Å²) in [5, 5.41) is 0. The zero-order valence-electron chi connectivity index (χ0n) is 18.9. The summed E-state index contributed by atoms with van der Waals surface area (Å²) in [5.74, 6) is 1.75. The summed E-state index contributed by atoms with van der Waals surface area (Å²) in [5.41, 5.74) is 5.11. The first-order chi connectivity index (χ1) is 16.7. The summed E-state index contributed by atoms with van der Waals surface area (Å²) in [4.78, 5) is 25.8. The molecule has 5 nitrogen and oxygen atoms in total. The van der Waals surface area contributed by atoms with E-state index in [9.17, 15) is 4.79 Å². The number of rotatable bonds is 7. The van der Waals surface area contributed by atoms with Crippen LogP contribution in [-0.4, -0.2) is 11.0 Å². The molecule has 0 aliphatic heterocycles. The number of hydrogen-bond donors (Lipinski definition) is 0. The smallest absolute Gasteiger partial charge is 0.352 e. The van der Waals surface area contributed by atoms with E-state index in [0.717, 1.165) is 53.0 Å². The zero-order chi connectivity index (χ0) is 23.3. The Bertz CT molecular complexity index is 1250. The van der Waals surface area contributed by atoms with Gasteiger partial charge in [0.05, 0.1) is 0 Å². The second-order valence-corrected chi connectivity index (χ2v) is 8.37. The SMILES string of the molecule is CC(=O)OOc1cccc(C[C@@H]2CCC=C2c2nc(-c3ccccc3)c(-c3ccccc3)o2)c1. The van der Waals surface area contributed by atoms with Gasteiger partial charge in [-0.15, -0.1) is 0 Å². The van der Waals surface area contributed by atoms with Gasteiger partial charge >= 0.3 is 5.97 Å². The molecule has 1 aliphatic rings. The largest absolute Gasteiger partial charge is 0.436 e. The van der Waals surface area contributed by atoms with Gasteiger partial charge in [0, 0.05) is 23.6 Å². The molecule has 0 saturated heterocycles. The molecule has 170 valence electrons. The van der Waals surface area contributed by atoms with E-state index in [1.54, 1.807) is 6.07 Å². The molecule has 0 N–H and O–H groups in total. The standard InChI is InChI=1S/C29H25NO4/c1-20(31)33-34-25-16-8-10-21(19-25)18-24-15-9-17-26(24)29-30-27(22-11-4-2-5-12-22)28(32-29)23-13-6-3-7-14-23/h2-8,10-14,16-17,19,24H,9,15,18H2,1H3/t24-/m0/s1. The molecule has 1 aliphatic carbocycles. The van der Waals surface area contributed by atoms with Crippen LogP contribution in [0.5, 0.6) is 5.75 Å². The highest BCUT2D eigenvalue weighted by atomic mass is 17.2. The number of nitrogens with zero attached hydrogens (tertiary/aromatic N) is 1. The number of aromatic nitrogens is 1. The molecule has 0 unspecified atom stereocenters. The molecule has 5 heteroatoms. The minimum atomic E-state index is -0.487. The van der Waals surface area contributed by atoms with Gasteiger partial charge in [-0.2, -0.15) is 0 Å². The molecule has 1 aromatic heterocycles. The van der Waals surface area contributed by atoms with Gasteiger partial charge in [0.25, 0.3) is 0 Å². The third kappa shape index (κ3) is 4.79. The summed E-state index contributed by atoms with van der Waals surface area (Å²) in [6.07, 6.45) is 5.05. The maximum atomic E-state index is 11.0. The quantitative estimate of drug-likeness (QED) is 0.226. The van der Waals surface area contributed by atoms with Gasteiger partial charge in [-0.25, -0.2) is 9.78 Å². The van der Waals surface area contributed by atoms with E-state index in [0.29, 0.717) is 11.6 Å². The number of carbonyl (C=O) groups is 1. The monoisotopic (exact) mass is 451 g/mol. The Labute approximate surface area is 198 Å². The first kappa shape index (κ1) is 21.7. The predicted octanol–water partition coefficient (Wildman–Crippen LogP) is 6.90. The van der Waals surface area contributed by atoms with Crippen LogP contribution in [0.25, 0.3) is 28.2 Å². The lowest BCUT2D eigenvalue weighted by molar-refractivity contribution is -0.210. The van der Waals surface area contributed by atoms with Crippen LogP contribution in [0.4, 0.5) is 0 Å². The molecule has 0 saturated carbocycles. The lowest BCUT2D eigenvalue weighted by Gasteiger charge is -2.13. The number of carbonyl (C=O) groups excluding carboxylic acids is 1. The van der Waals surface area contributed by atoms with Crippen molar-refractivity contribution in [2.75, 3.05) is 0 Å². The van der Waals surface area contributed by atoms with E-state index >= 15 is 0 Å². The van der Waals surface area contributed by atoms with Crippen LogP contribution in [0.1, 0.15) is 31.2 Å². The van der Waals surface area contributed by atoms with Crippen LogP contribution in [0, 0.1) is 5.92 Å². The molecule has 5 rings (SSSR count). The van der Waals surface area contributed by atoms with Crippen LogP contribution < -0.4 is 4.89 Å². The first-order valence-electron chi connectivity index (χ1n) is 11.4. The number of oxazole rings is 1. The number of benzene rings is 3. The minimum Gasteiger partial charge on any atom is -0.436 e. The Kier molecular flexibility index (Phi) is 6.25. The van der Waals surface area contributed by atoms with Crippen LogP contribution >= 0.6 is 0 Å². The van der Waals surface area contributed by atoms with Gasteiger partial charge < -0.3 is 4.42 Å².